The van der Waals surface area contributed by atoms with Crippen molar-refractivity contribution in [1.29, 1.82) is 5.41 Å². The van der Waals surface area contributed by atoms with Crippen molar-refractivity contribution in [2.75, 3.05) is 18.5 Å². The van der Waals surface area contributed by atoms with Crippen LogP contribution < -0.4 is 5.43 Å². The van der Waals surface area contributed by atoms with Crippen LogP contribution in [0.25, 0.3) is 5.70 Å². The molecule has 2 aliphatic heterocycles. The molecule has 29 heavy (non-hydrogen) atoms. The lowest BCUT2D eigenvalue weighted by molar-refractivity contribution is 0.295. The normalized spacial score (nSPS) is 16.6. The van der Waals surface area contributed by atoms with Gasteiger partial charge in [-0.25, -0.2) is 0 Å². The van der Waals surface area contributed by atoms with E-state index in [2.05, 4.69) is 34.1 Å². The Bertz CT molecular complexity index is 987. The average molecular weight is 406 g/mol. The van der Waals surface area contributed by atoms with E-state index >= 15 is 0 Å². The molecule has 148 valence electrons. The molecule has 0 amide bonds. The van der Waals surface area contributed by atoms with Crippen LogP contribution >= 0.6 is 11.6 Å². The van der Waals surface area contributed by atoms with Gasteiger partial charge in [0, 0.05) is 53.6 Å². The van der Waals surface area contributed by atoms with E-state index in [-0.39, 0.29) is 0 Å². The number of hydrazone groups is 1. The quantitative estimate of drug-likeness (QED) is 0.499. The summed E-state index contributed by atoms with van der Waals surface area (Å²) in [4.78, 5) is 7.21. The van der Waals surface area contributed by atoms with E-state index in [9.17, 15) is 0 Å². The van der Waals surface area contributed by atoms with Crippen molar-refractivity contribution in [2.45, 2.75) is 19.3 Å². The molecule has 4 rings (SSSR count). The first-order chi connectivity index (χ1) is 14.2. The number of para-hydroxylation sites is 1. The molecule has 0 aliphatic carbocycles. The molecule has 2 aromatic rings. The number of anilines is 1. The number of piperidine rings is 1. The Labute approximate surface area is 176 Å². The highest BCUT2D eigenvalue weighted by atomic mass is 35.5. The van der Waals surface area contributed by atoms with E-state index < -0.39 is 0 Å². The van der Waals surface area contributed by atoms with Gasteiger partial charge in [-0.3, -0.25) is 10.4 Å². The van der Waals surface area contributed by atoms with Crippen LogP contribution in [0.4, 0.5) is 11.4 Å². The SMILES string of the molecule is C=C(c1ccccc1N/N=C\C=N)N1CCC(C2=Nc3cc(Cl)ccc3C2)CC1. The van der Waals surface area contributed by atoms with Crippen LogP contribution in [0.2, 0.25) is 5.02 Å². The van der Waals surface area contributed by atoms with E-state index in [0.29, 0.717) is 5.92 Å². The third kappa shape index (κ3) is 4.25. The lowest BCUT2D eigenvalue weighted by Crippen LogP contribution is -2.35. The fourth-order valence-electron chi connectivity index (χ4n) is 4.04. The lowest BCUT2D eigenvalue weighted by atomic mass is 9.89. The molecule has 6 heteroatoms. The maximum atomic E-state index is 7.05. The molecule has 2 N–H and O–H groups in total. The summed E-state index contributed by atoms with van der Waals surface area (Å²) in [5.41, 5.74) is 9.53. The number of nitrogens with zero attached hydrogens (tertiary/aromatic N) is 3. The third-order valence-corrected chi connectivity index (χ3v) is 5.84. The number of rotatable bonds is 6. The first-order valence-corrected chi connectivity index (χ1v) is 10.2. The van der Waals surface area contributed by atoms with Gasteiger partial charge in [0.15, 0.2) is 0 Å². The molecule has 0 spiro atoms. The van der Waals surface area contributed by atoms with Crippen molar-refractivity contribution in [3.63, 3.8) is 0 Å². The van der Waals surface area contributed by atoms with Gasteiger partial charge in [0.2, 0.25) is 0 Å². The Morgan fingerprint density at radius 2 is 2.03 bits per heavy atom. The molecule has 0 saturated carbocycles. The van der Waals surface area contributed by atoms with Gasteiger partial charge in [0.1, 0.15) is 0 Å². The highest BCUT2D eigenvalue weighted by Gasteiger charge is 2.28. The topological polar surface area (TPSA) is 63.8 Å². The van der Waals surface area contributed by atoms with Crippen molar-refractivity contribution in [3.05, 3.63) is 65.2 Å². The smallest absolute Gasteiger partial charge is 0.0679 e. The Balaban J connectivity index is 1.40. The predicted molar refractivity (Wildman–Crippen MR) is 123 cm³/mol. The van der Waals surface area contributed by atoms with Gasteiger partial charge in [0.05, 0.1) is 17.6 Å². The number of hydrogen-bond acceptors (Lipinski definition) is 5. The van der Waals surface area contributed by atoms with Crippen molar-refractivity contribution in [1.82, 2.24) is 4.90 Å². The minimum atomic E-state index is 0.510. The highest BCUT2D eigenvalue weighted by molar-refractivity contribution is 6.31. The fourth-order valence-corrected chi connectivity index (χ4v) is 4.21. The third-order valence-electron chi connectivity index (χ3n) is 5.60. The van der Waals surface area contributed by atoms with Gasteiger partial charge in [-0.1, -0.05) is 42.4 Å². The lowest BCUT2D eigenvalue weighted by Gasteiger charge is -2.35. The van der Waals surface area contributed by atoms with Crippen molar-refractivity contribution in [3.8, 4) is 0 Å². The van der Waals surface area contributed by atoms with Crippen molar-refractivity contribution in [2.24, 2.45) is 16.0 Å². The average Bonchev–Trinajstić information content (AvgIpc) is 3.17. The minimum Gasteiger partial charge on any atom is -0.371 e. The molecular weight excluding hydrogens is 382 g/mol. The van der Waals surface area contributed by atoms with Gasteiger partial charge in [-0.15, -0.1) is 0 Å². The summed E-state index contributed by atoms with van der Waals surface area (Å²) >= 11 is 6.11. The molecular formula is C23H24ClN5. The second-order valence-corrected chi connectivity index (χ2v) is 7.80. The zero-order valence-electron chi connectivity index (χ0n) is 16.2. The first-order valence-electron chi connectivity index (χ1n) is 9.83. The monoisotopic (exact) mass is 405 g/mol. The van der Waals surface area contributed by atoms with Gasteiger partial charge in [-0.05, 0) is 36.6 Å². The van der Waals surface area contributed by atoms with E-state index in [1.165, 1.54) is 17.5 Å². The Morgan fingerprint density at radius 3 is 2.83 bits per heavy atom. The van der Waals surface area contributed by atoms with Gasteiger partial charge < -0.3 is 10.3 Å². The van der Waals surface area contributed by atoms with Crippen LogP contribution in [0.15, 0.2) is 59.1 Å². The summed E-state index contributed by atoms with van der Waals surface area (Å²) in [6, 6.07) is 14.0. The number of halogens is 1. The van der Waals surface area contributed by atoms with E-state index in [1.54, 1.807) is 0 Å². The van der Waals surface area contributed by atoms with Gasteiger partial charge >= 0.3 is 0 Å². The molecule has 0 unspecified atom stereocenters. The number of fused-ring (bicyclic) bond motifs is 1. The Hall–Kier alpha value is -2.92. The van der Waals surface area contributed by atoms with Crippen LogP contribution in [0.3, 0.4) is 0 Å². The second-order valence-electron chi connectivity index (χ2n) is 7.36. The minimum absolute atomic E-state index is 0.510. The van der Waals surface area contributed by atoms with E-state index in [0.717, 1.165) is 66.2 Å². The zero-order chi connectivity index (χ0) is 20.2. The van der Waals surface area contributed by atoms with E-state index in [4.69, 9.17) is 22.0 Å². The molecule has 5 nitrogen and oxygen atoms in total. The number of likely N-dealkylation sites (tertiary alicyclic amines) is 1. The van der Waals surface area contributed by atoms with Crippen LogP contribution in [0.5, 0.6) is 0 Å². The molecule has 0 radical (unpaired) electrons. The summed E-state index contributed by atoms with van der Waals surface area (Å²) in [6.07, 6.45) is 5.64. The molecule has 2 heterocycles. The van der Waals surface area contributed by atoms with Crippen LogP contribution in [-0.2, 0) is 6.42 Å². The zero-order valence-corrected chi connectivity index (χ0v) is 17.0. The van der Waals surface area contributed by atoms with Crippen molar-refractivity contribution >= 4 is 46.8 Å². The molecule has 2 aromatic carbocycles. The number of hydrogen-bond donors (Lipinski definition) is 2. The molecule has 0 atom stereocenters. The van der Waals surface area contributed by atoms with Gasteiger partial charge in [0.25, 0.3) is 0 Å². The van der Waals surface area contributed by atoms with Crippen LogP contribution in [0, 0.1) is 11.3 Å². The number of nitrogens with one attached hydrogen (secondary N) is 2. The van der Waals surface area contributed by atoms with Crippen LogP contribution in [0.1, 0.15) is 24.0 Å². The van der Waals surface area contributed by atoms with E-state index in [1.807, 2.05) is 30.3 Å². The summed E-state index contributed by atoms with van der Waals surface area (Å²) in [7, 11) is 0. The number of benzene rings is 2. The summed E-state index contributed by atoms with van der Waals surface area (Å²) in [5.74, 6) is 0.510. The molecule has 2 aliphatic rings. The Morgan fingerprint density at radius 1 is 1.24 bits per heavy atom. The summed E-state index contributed by atoms with van der Waals surface area (Å²) in [5, 5.41) is 11.8. The first kappa shape index (κ1) is 19.4. The number of aliphatic imine (C=N–C) groups is 1. The highest BCUT2D eigenvalue weighted by Crippen LogP contribution is 2.35. The largest absolute Gasteiger partial charge is 0.371 e. The van der Waals surface area contributed by atoms with Crippen molar-refractivity contribution < 1.29 is 0 Å². The maximum absolute atomic E-state index is 7.05. The summed E-state index contributed by atoms with van der Waals surface area (Å²) < 4.78 is 0. The molecule has 0 aromatic heterocycles. The standard InChI is InChI=1S/C23H24ClN5/c1-16(20-4-2-3-5-21(20)28-26-11-10-25)29-12-8-17(9-13-29)22-14-18-6-7-19(24)15-23(18)27-22/h2-7,10-11,15,17,25,28H,1,8-9,12-14H2/b25-10?,26-11-. The van der Waals surface area contributed by atoms with Gasteiger partial charge in [-0.2, -0.15) is 5.10 Å². The molecule has 1 fully saturated rings. The molecule has 1 saturated heterocycles. The predicted octanol–water partition coefficient (Wildman–Crippen LogP) is 5.40. The Kier molecular flexibility index (Phi) is 5.76. The summed E-state index contributed by atoms with van der Waals surface area (Å²) in [6.45, 7) is 6.26. The maximum Gasteiger partial charge on any atom is 0.0679 e. The fraction of sp³-hybridized carbons (Fsp3) is 0.261. The van der Waals surface area contributed by atoms with Crippen LogP contribution in [-0.4, -0.2) is 36.1 Å². The molecule has 0 bridgehead atoms. The second kappa shape index (κ2) is 8.62.